The van der Waals surface area contributed by atoms with Crippen molar-refractivity contribution in [2.75, 3.05) is 18.5 Å². The van der Waals surface area contributed by atoms with Crippen molar-refractivity contribution in [2.24, 2.45) is 0 Å². The Labute approximate surface area is 113 Å². The molecule has 0 spiro atoms. The minimum atomic E-state index is 0.605. The molecule has 2 aromatic rings. The maximum Gasteiger partial charge on any atom is 0.120 e. The van der Waals surface area contributed by atoms with Gasteiger partial charge in [0.05, 0.1) is 0 Å². The molecule has 0 radical (unpaired) electrons. The van der Waals surface area contributed by atoms with Crippen LogP contribution in [0.25, 0.3) is 0 Å². The number of anilines is 1. The van der Waals surface area contributed by atoms with Crippen LogP contribution in [-0.4, -0.2) is 13.2 Å². The lowest BCUT2D eigenvalue weighted by molar-refractivity contribution is 0.333. The molecule has 0 unspecified atom stereocenters. The molecule has 2 nitrogen and oxygen atoms in total. The molecular weight excluding hydrogens is 246 g/mol. The van der Waals surface area contributed by atoms with Crippen molar-refractivity contribution in [3.63, 3.8) is 0 Å². The standard InChI is InChI=1S/C15H16ClNO/c1-12-4-2-6-14(10-12)17-8-9-18-15-7-3-5-13(16)11-15/h2-7,10-11,17H,8-9H2,1H3. The molecule has 1 N–H and O–H groups in total. The Morgan fingerprint density at radius 2 is 1.94 bits per heavy atom. The van der Waals surface area contributed by atoms with Crippen LogP contribution in [0.4, 0.5) is 5.69 Å². The Hall–Kier alpha value is -1.67. The Balaban J connectivity index is 1.76. The van der Waals surface area contributed by atoms with Gasteiger partial charge in [0, 0.05) is 17.3 Å². The van der Waals surface area contributed by atoms with Crippen molar-refractivity contribution in [1.82, 2.24) is 0 Å². The highest BCUT2D eigenvalue weighted by atomic mass is 35.5. The van der Waals surface area contributed by atoms with E-state index in [1.165, 1.54) is 5.56 Å². The molecule has 18 heavy (non-hydrogen) atoms. The first-order chi connectivity index (χ1) is 8.74. The average molecular weight is 262 g/mol. The van der Waals surface area contributed by atoms with Gasteiger partial charge in [-0.15, -0.1) is 0 Å². The van der Waals surface area contributed by atoms with Crippen molar-refractivity contribution < 1.29 is 4.74 Å². The molecule has 0 heterocycles. The zero-order valence-corrected chi connectivity index (χ0v) is 11.1. The SMILES string of the molecule is Cc1cccc(NCCOc2cccc(Cl)c2)c1. The predicted molar refractivity (Wildman–Crippen MR) is 76.6 cm³/mol. The van der Waals surface area contributed by atoms with Gasteiger partial charge in [-0.25, -0.2) is 0 Å². The first kappa shape index (κ1) is 12.8. The first-order valence-electron chi connectivity index (χ1n) is 5.93. The van der Waals surface area contributed by atoms with Crippen molar-refractivity contribution in [3.05, 3.63) is 59.1 Å². The van der Waals surface area contributed by atoms with E-state index in [0.717, 1.165) is 18.0 Å². The molecule has 94 valence electrons. The molecule has 0 atom stereocenters. The van der Waals surface area contributed by atoms with Gasteiger partial charge >= 0.3 is 0 Å². The van der Waals surface area contributed by atoms with Crippen LogP contribution in [0.3, 0.4) is 0 Å². The Morgan fingerprint density at radius 3 is 2.72 bits per heavy atom. The third-order valence-electron chi connectivity index (χ3n) is 2.51. The second-order valence-corrected chi connectivity index (χ2v) is 4.54. The monoisotopic (exact) mass is 261 g/mol. The number of halogens is 1. The van der Waals surface area contributed by atoms with Crippen LogP contribution in [0, 0.1) is 6.92 Å². The lowest BCUT2D eigenvalue weighted by atomic mass is 10.2. The van der Waals surface area contributed by atoms with Crippen LogP contribution in [0.15, 0.2) is 48.5 Å². The van der Waals surface area contributed by atoms with Gasteiger partial charge in [0.15, 0.2) is 0 Å². The second-order valence-electron chi connectivity index (χ2n) is 4.10. The van der Waals surface area contributed by atoms with E-state index in [2.05, 4.69) is 24.4 Å². The highest BCUT2D eigenvalue weighted by molar-refractivity contribution is 6.30. The van der Waals surface area contributed by atoms with E-state index < -0.39 is 0 Å². The minimum absolute atomic E-state index is 0.605. The fourth-order valence-electron chi connectivity index (χ4n) is 1.68. The zero-order valence-electron chi connectivity index (χ0n) is 10.3. The number of hydrogen-bond donors (Lipinski definition) is 1. The predicted octanol–water partition coefficient (Wildman–Crippen LogP) is 4.14. The summed E-state index contributed by atoms with van der Waals surface area (Å²) in [6, 6.07) is 15.7. The molecule has 0 aromatic heterocycles. The van der Waals surface area contributed by atoms with Crippen molar-refractivity contribution in [2.45, 2.75) is 6.92 Å². The molecule has 0 aliphatic heterocycles. The highest BCUT2D eigenvalue weighted by Crippen LogP contribution is 2.17. The lowest BCUT2D eigenvalue weighted by Gasteiger charge is -2.09. The van der Waals surface area contributed by atoms with E-state index in [0.29, 0.717) is 11.6 Å². The van der Waals surface area contributed by atoms with Gasteiger partial charge < -0.3 is 10.1 Å². The summed E-state index contributed by atoms with van der Waals surface area (Å²) in [5, 5.41) is 4.01. The third kappa shape index (κ3) is 3.97. The third-order valence-corrected chi connectivity index (χ3v) is 2.75. The maximum absolute atomic E-state index is 5.88. The topological polar surface area (TPSA) is 21.3 Å². The highest BCUT2D eigenvalue weighted by Gasteiger charge is 1.95. The Bertz CT molecular complexity index is 466. The molecule has 2 rings (SSSR count). The molecule has 2 aromatic carbocycles. The molecule has 3 heteroatoms. The van der Waals surface area contributed by atoms with Gasteiger partial charge in [-0.1, -0.05) is 29.8 Å². The normalized spacial score (nSPS) is 10.1. The Kier molecular flexibility index (Phi) is 4.48. The van der Waals surface area contributed by atoms with E-state index in [9.17, 15) is 0 Å². The van der Waals surface area contributed by atoms with E-state index in [1.54, 1.807) is 0 Å². The van der Waals surface area contributed by atoms with E-state index in [4.69, 9.17) is 16.3 Å². The van der Waals surface area contributed by atoms with E-state index >= 15 is 0 Å². The minimum Gasteiger partial charge on any atom is -0.492 e. The van der Waals surface area contributed by atoms with Gasteiger partial charge in [0.1, 0.15) is 12.4 Å². The first-order valence-corrected chi connectivity index (χ1v) is 6.31. The number of ether oxygens (including phenoxy) is 1. The largest absolute Gasteiger partial charge is 0.492 e. The molecule has 0 saturated heterocycles. The van der Waals surface area contributed by atoms with Gasteiger partial charge in [-0.3, -0.25) is 0 Å². The van der Waals surface area contributed by atoms with Crippen molar-refractivity contribution >= 4 is 17.3 Å². The van der Waals surface area contributed by atoms with Crippen LogP contribution >= 0.6 is 11.6 Å². The molecule has 0 amide bonds. The number of nitrogens with one attached hydrogen (secondary N) is 1. The molecule has 0 aliphatic rings. The zero-order chi connectivity index (χ0) is 12.8. The summed E-state index contributed by atoms with van der Waals surface area (Å²) in [6.45, 7) is 3.44. The van der Waals surface area contributed by atoms with Crippen molar-refractivity contribution in [3.8, 4) is 5.75 Å². The van der Waals surface area contributed by atoms with Gasteiger partial charge in [0.2, 0.25) is 0 Å². The fraction of sp³-hybridized carbons (Fsp3) is 0.200. The van der Waals surface area contributed by atoms with Gasteiger partial charge in [-0.05, 0) is 42.8 Å². The van der Waals surface area contributed by atoms with Crippen LogP contribution in [0.1, 0.15) is 5.56 Å². The number of benzene rings is 2. The summed E-state index contributed by atoms with van der Waals surface area (Å²) in [4.78, 5) is 0. The van der Waals surface area contributed by atoms with Crippen LogP contribution in [0.2, 0.25) is 5.02 Å². The van der Waals surface area contributed by atoms with Crippen LogP contribution < -0.4 is 10.1 Å². The molecule has 0 bridgehead atoms. The molecule has 0 fully saturated rings. The van der Waals surface area contributed by atoms with Gasteiger partial charge in [0.25, 0.3) is 0 Å². The molecular formula is C15H16ClNO. The molecule has 0 saturated carbocycles. The second kappa shape index (κ2) is 6.31. The number of aryl methyl sites for hydroxylation is 1. The average Bonchev–Trinajstić information content (AvgIpc) is 2.35. The quantitative estimate of drug-likeness (QED) is 0.817. The lowest BCUT2D eigenvalue weighted by Crippen LogP contribution is -2.11. The Morgan fingerprint density at radius 1 is 1.11 bits per heavy atom. The summed E-state index contributed by atoms with van der Waals surface area (Å²) in [7, 11) is 0. The van der Waals surface area contributed by atoms with Crippen LogP contribution in [-0.2, 0) is 0 Å². The molecule has 0 aliphatic carbocycles. The fourth-order valence-corrected chi connectivity index (χ4v) is 1.86. The smallest absolute Gasteiger partial charge is 0.120 e. The summed E-state index contributed by atoms with van der Waals surface area (Å²) in [6.07, 6.45) is 0. The summed E-state index contributed by atoms with van der Waals surface area (Å²) < 4.78 is 5.59. The van der Waals surface area contributed by atoms with Crippen molar-refractivity contribution in [1.29, 1.82) is 0 Å². The summed E-state index contributed by atoms with van der Waals surface area (Å²) >= 11 is 5.88. The van der Waals surface area contributed by atoms with Crippen LogP contribution in [0.5, 0.6) is 5.75 Å². The summed E-state index contributed by atoms with van der Waals surface area (Å²) in [5.41, 5.74) is 2.36. The van der Waals surface area contributed by atoms with E-state index in [1.807, 2.05) is 36.4 Å². The number of rotatable bonds is 5. The van der Waals surface area contributed by atoms with E-state index in [-0.39, 0.29) is 0 Å². The number of hydrogen-bond acceptors (Lipinski definition) is 2. The maximum atomic E-state index is 5.88. The summed E-state index contributed by atoms with van der Waals surface area (Å²) in [5.74, 6) is 0.800. The van der Waals surface area contributed by atoms with Gasteiger partial charge in [-0.2, -0.15) is 0 Å².